The van der Waals surface area contributed by atoms with Crippen LogP contribution in [-0.2, 0) is 21.2 Å². The van der Waals surface area contributed by atoms with Crippen molar-refractivity contribution in [3.63, 3.8) is 0 Å². The number of carbonyl (C=O) groups is 1. The zero-order valence-electron chi connectivity index (χ0n) is 19.1. The molecule has 0 fully saturated rings. The molecule has 190 valence electrons. The Labute approximate surface area is 227 Å². The first-order valence-electron chi connectivity index (χ1n) is 11.2. The van der Waals surface area contributed by atoms with E-state index >= 15 is 0 Å². The number of hydrogen-bond acceptors (Lipinski definition) is 7. The van der Waals surface area contributed by atoms with Gasteiger partial charge in [-0.05, 0) is 54.8 Å². The zero-order valence-corrected chi connectivity index (χ0v) is 22.3. The summed E-state index contributed by atoms with van der Waals surface area (Å²) in [5.41, 5.74) is 2.10. The Hall–Kier alpha value is -3.18. The minimum absolute atomic E-state index is 0.0711. The van der Waals surface area contributed by atoms with Gasteiger partial charge in [-0.25, -0.2) is 8.42 Å². The fourth-order valence-corrected chi connectivity index (χ4v) is 6.23. The fraction of sp³-hybridized carbons (Fsp3) is 0.160. The number of fused-ring (bicyclic) bond motifs is 1. The average molecular weight is 575 g/mol. The van der Waals surface area contributed by atoms with Crippen LogP contribution in [0.15, 0.2) is 71.6 Å². The van der Waals surface area contributed by atoms with Gasteiger partial charge in [-0.1, -0.05) is 53.5 Å². The van der Waals surface area contributed by atoms with Gasteiger partial charge in [-0.15, -0.1) is 0 Å². The molecular weight excluding hydrogens is 555 g/mol. The molecule has 0 aliphatic carbocycles. The lowest BCUT2D eigenvalue weighted by atomic mass is 9.91. The predicted molar refractivity (Wildman–Crippen MR) is 145 cm³/mol. The topological polar surface area (TPSA) is 110 Å². The monoisotopic (exact) mass is 574 g/mol. The number of nitrogens with zero attached hydrogens (tertiary/aromatic N) is 2. The number of hydrogen-bond donors (Lipinski definition) is 2. The summed E-state index contributed by atoms with van der Waals surface area (Å²) in [7, 11) is -3.91. The number of nitrogens with one attached hydrogen (secondary N) is 2. The van der Waals surface area contributed by atoms with E-state index in [1.165, 1.54) is 6.07 Å². The van der Waals surface area contributed by atoms with Crippen LogP contribution in [0.4, 0.5) is 10.8 Å². The molecule has 0 spiro atoms. The van der Waals surface area contributed by atoms with Gasteiger partial charge in [-0.3, -0.25) is 9.52 Å². The van der Waals surface area contributed by atoms with E-state index in [0.29, 0.717) is 40.1 Å². The first-order valence-corrected chi connectivity index (χ1v) is 14.2. The summed E-state index contributed by atoms with van der Waals surface area (Å²) in [6.45, 7) is 0.259. The highest BCUT2D eigenvalue weighted by Gasteiger charge is 2.28. The molecule has 1 aliphatic rings. The molecular formula is C25H20Cl2N4O4S2. The number of carbonyl (C=O) groups excluding carboxylic acids is 1. The van der Waals surface area contributed by atoms with Crippen molar-refractivity contribution >= 4 is 61.5 Å². The number of anilines is 2. The molecule has 5 rings (SSSR count). The number of sulfonamides is 1. The number of rotatable bonds is 8. The van der Waals surface area contributed by atoms with Gasteiger partial charge in [-0.2, -0.15) is 9.36 Å². The normalized spacial score (nSPS) is 15.1. The average Bonchev–Trinajstić information content (AvgIpc) is 3.33. The van der Waals surface area contributed by atoms with Crippen LogP contribution < -0.4 is 14.8 Å². The Bertz CT molecular complexity index is 1560. The molecule has 1 unspecified atom stereocenters. The minimum Gasteiger partial charge on any atom is -0.492 e. The molecule has 1 atom stereocenters. The van der Waals surface area contributed by atoms with E-state index in [-0.39, 0.29) is 28.5 Å². The van der Waals surface area contributed by atoms with Crippen molar-refractivity contribution < 1.29 is 17.9 Å². The molecule has 1 aromatic heterocycles. The van der Waals surface area contributed by atoms with Crippen LogP contribution in [0.3, 0.4) is 0 Å². The Morgan fingerprint density at radius 3 is 2.68 bits per heavy atom. The van der Waals surface area contributed by atoms with Gasteiger partial charge in [0.25, 0.3) is 10.0 Å². The largest absolute Gasteiger partial charge is 0.492 e. The van der Waals surface area contributed by atoms with E-state index in [4.69, 9.17) is 27.9 Å². The third kappa shape index (κ3) is 5.88. The SMILES string of the molecule is O=C1Nc2ccc(S(=O)(=O)Nc3nc(-c4ccccc4)ns3)cc2CC1CCOc1ccc(Cl)cc1Cl. The lowest BCUT2D eigenvalue weighted by molar-refractivity contribution is -0.120. The van der Waals surface area contributed by atoms with Crippen molar-refractivity contribution in [1.29, 1.82) is 0 Å². The zero-order chi connectivity index (χ0) is 26.0. The van der Waals surface area contributed by atoms with Gasteiger partial charge in [0.2, 0.25) is 11.0 Å². The maximum absolute atomic E-state index is 13.1. The predicted octanol–water partition coefficient (Wildman–Crippen LogP) is 5.89. The molecule has 12 heteroatoms. The van der Waals surface area contributed by atoms with Crippen LogP contribution in [0.1, 0.15) is 12.0 Å². The standard InChI is InChI=1S/C25H20Cl2N4O4S2/c26-18-6-9-22(20(27)14-18)35-11-10-16-12-17-13-19(7-8-21(17)28-24(16)32)37(33,34)31-25-29-23(30-36-25)15-4-2-1-3-5-15/h1-9,13-14,16H,10-12H2,(H,28,32)(H,29,30,31). The van der Waals surface area contributed by atoms with Crippen LogP contribution in [-0.4, -0.2) is 30.3 Å². The maximum Gasteiger partial charge on any atom is 0.263 e. The van der Waals surface area contributed by atoms with Gasteiger partial charge in [0.05, 0.1) is 16.5 Å². The van der Waals surface area contributed by atoms with Crippen molar-refractivity contribution in [2.45, 2.75) is 17.7 Å². The summed E-state index contributed by atoms with van der Waals surface area (Å²) in [5.74, 6) is 0.394. The van der Waals surface area contributed by atoms with E-state index in [1.807, 2.05) is 30.3 Å². The molecule has 2 heterocycles. The molecule has 0 radical (unpaired) electrons. The molecule has 0 bridgehead atoms. The first-order chi connectivity index (χ1) is 17.8. The number of aromatic nitrogens is 2. The quantitative estimate of drug-likeness (QED) is 0.271. The Morgan fingerprint density at radius 1 is 1.08 bits per heavy atom. The maximum atomic E-state index is 13.1. The summed E-state index contributed by atoms with van der Waals surface area (Å²) in [6.07, 6.45) is 0.797. The van der Waals surface area contributed by atoms with Gasteiger partial charge in [0.1, 0.15) is 5.75 Å². The second-order valence-corrected chi connectivity index (χ2v) is 11.6. The van der Waals surface area contributed by atoms with Crippen molar-refractivity contribution in [2.24, 2.45) is 5.92 Å². The van der Waals surface area contributed by atoms with Crippen LogP contribution >= 0.6 is 34.7 Å². The summed E-state index contributed by atoms with van der Waals surface area (Å²) in [5, 5.41) is 3.91. The molecule has 0 saturated carbocycles. The molecule has 1 amide bonds. The molecule has 2 N–H and O–H groups in total. The Balaban J connectivity index is 1.26. The fourth-order valence-electron chi connectivity index (χ4n) is 3.90. The van der Waals surface area contributed by atoms with Crippen molar-refractivity contribution in [3.8, 4) is 17.1 Å². The highest BCUT2D eigenvalue weighted by molar-refractivity contribution is 7.93. The molecule has 0 saturated heterocycles. The molecule has 3 aromatic carbocycles. The van der Waals surface area contributed by atoms with Crippen LogP contribution in [0.2, 0.25) is 10.0 Å². The second-order valence-electron chi connectivity index (χ2n) is 8.32. The Kier molecular flexibility index (Phi) is 7.34. The summed E-state index contributed by atoms with van der Waals surface area (Å²) in [4.78, 5) is 17.0. The smallest absolute Gasteiger partial charge is 0.263 e. The van der Waals surface area contributed by atoms with Crippen LogP contribution in [0, 0.1) is 5.92 Å². The highest BCUT2D eigenvalue weighted by atomic mass is 35.5. The number of ether oxygens (including phenoxy) is 1. The van der Waals surface area contributed by atoms with Crippen molar-refractivity contribution in [3.05, 3.63) is 82.3 Å². The second kappa shape index (κ2) is 10.7. The summed E-state index contributed by atoms with van der Waals surface area (Å²) < 4.78 is 38.6. The highest BCUT2D eigenvalue weighted by Crippen LogP contribution is 2.32. The number of amides is 1. The number of benzene rings is 3. The number of halogens is 2. The molecule has 8 nitrogen and oxygen atoms in total. The lowest BCUT2D eigenvalue weighted by Crippen LogP contribution is -2.31. The van der Waals surface area contributed by atoms with Gasteiger partial charge in [0.15, 0.2) is 5.82 Å². The van der Waals surface area contributed by atoms with E-state index in [2.05, 4.69) is 19.4 Å². The molecule has 37 heavy (non-hydrogen) atoms. The third-order valence-electron chi connectivity index (χ3n) is 5.78. The van der Waals surface area contributed by atoms with Gasteiger partial charge in [0, 0.05) is 33.7 Å². The van der Waals surface area contributed by atoms with Crippen LogP contribution in [0.25, 0.3) is 11.4 Å². The van der Waals surface area contributed by atoms with Gasteiger partial charge >= 0.3 is 0 Å². The van der Waals surface area contributed by atoms with Gasteiger partial charge < -0.3 is 10.1 Å². The van der Waals surface area contributed by atoms with Crippen molar-refractivity contribution in [1.82, 2.24) is 9.36 Å². The summed E-state index contributed by atoms with van der Waals surface area (Å²) in [6, 6.07) is 18.8. The summed E-state index contributed by atoms with van der Waals surface area (Å²) >= 11 is 13.0. The van der Waals surface area contributed by atoms with E-state index in [9.17, 15) is 13.2 Å². The Morgan fingerprint density at radius 2 is 1.89 bits per heavy atom. The minimum atomic E-state index is -3.91. The van der Waals surface area contributed by atoms with Crippen molar-refractivity contribution in [2.75, 3.05) is 16.6 Å². The third-order valence-corrected chi connectivity index (χ3v) is 8.41. The molecule has 4 aromatic rings. The van der Waals surface area contributed by atoms with E-state index < -0.39 is 10.0 Å². The van der Waals surface area contributed by atoms with E-state index in [1.54, 1.807) is 30.3 Å². The molecule has 1 aliphatic heterocycles. The van der Waals surface area contributed by atoms with Crippen LogP contribution in [0.5, 0.6) is 5.75 Å². The first kappa shape index (κ1) is 25.5. The van der Waals surface area contributed by atoms with E-state index in [0.717, 1.165) is 22.7 Å². The lowest BCUT2D eigenvalue weighted by Gasteiger charge is -2.25.